The molecular weight excluding hydrogens is 316 g/mol. The Bertz CT molecular complexity index is 641. The van der Waals surface area contributed by atoms with Crippen LogP contribution in [0.2, 0.25) is 0 Å². The lowest BCUT2D eigenvalue weighted by Gasteiger charge is -2.28. The minimum atomic E-state index is -0.611. The Hall–Kier alpha value is -2.68. The van der Waals surface area contributed by atoms with E-state index in [-0.39, 0.29) is 23.1 Å². The molecule has 0 aliphatic carbocycles. The van der Waals surface area contributed by atoms with Gasteiger partial charge in [-0.1, -0.05) is 13.8 Å². The fourth-order valence-corrected chi connectivity index (χ4v) is 2.22. The molecule has 1 aliphatic rings. The van der Waals surface area contributed by atoms with E-state index in [0.717, 1.165) is 0 Å². The second-order valence-electron chi connectivity index (χ2n) is 5.66. The first kappa shape index (κ1) is 17.7. The summed E-state index contributed by atoms with van der Waals surface area (Å²) in [6, 6.07) is 4.25. The fraction of sp³-hybridized carbons (Fsp3) is 0.467. The number of nitrogens with one attached hydrogen (secondary N) is 2. The van der Waals surface area contributed by atoms with Crippen LogP contribution < -0.4 is 15.8 Å². The molecule has 2 N–H and O–H groups in total. The van der Waals surface area contributed by atoms with Crippen LogP contribution in [0.4, 0.5) is 11.4 Å². The quantitative estimate of drug-likeness (QED) is 0.622. The van der Waals surface area contributed by atoms with Crippen molar-refractivity contribution >= 4 is 23.2 Å². The Morgan fingerprint density at radius 3 is 2.50 bits per heavy atom. The van der Waals surface area contributed by atoms with Crippen LogP contribution in [0.25, 0.3) is 0 Å². The van der Waals surface area contributed by atoms with E-state index in [1.165, 1.54) is 12.1 Å². The van der Waals surface area contributed by atoms with Crippen LogP contribution in [0.5, 0.6) is 0 Å². The van der Waals surface area contributed by atoms with Gasteiger partial charge in [-0.15, -0.1) is 0 Å². The molecule has 0 spiro atoms. The summed E-state index contributed by atoms with van der Waals surface area (Å²) in [5.74, 6) is -1.24. The minimum absolute atomic E-state index is 0.0998. The highest BCUT2D eigenvalue weighted by molar-refractivity contribution is 5.96. The van der Waals surface area contributed by atoms with E-state index < -0.39 is 10.8 Å². The molecule has 9 nitrogen and oxygen atoms in total. The van der Waals surface area contributed by atoms with E-state index in [0.29, 0.717) is 32.0 Å². The standard InChI is InChI=1S/C15H20N4O5/c1-10(2)14(20)16-17-15(21)11-3-4-12(13(9-11)19(22)23)18-5-7-24-8-6-18/h3-4,9-10H,5-8H2,1-2H3,(H,16,20)(H,17,21). The molecule has 0 radical (unpaired) electrons. The van der Waals surface area contributed by atoms with Crippen molar-refractivity contribution in [1.29, 1.82) is 0 Å². The molecule has 9 heteroatoms. The largest absolute Gasteiger partial charge is 0.378 e. The van der Waals surface area contributed by atoms with Crippen LogP contribution in [-0.4, -0.2) is 43.0 Å². The summed E-state index contributed by atoms with van der Waals surface area (Å²) in [5.41, 5.74) is 4.92. The topological polar surface area (TPSA) is 114 Å². The lowest BCUT2D eigenvalue weighted by molar-refractivity contribution is -0.384. The van der Waals surface area contributed by atoms with Crippen molar-refractivity contribution in [3.63, 3.8) is 0 Å². The number of nitro groups is 1. The van der Waals surface area contributed by atoms with Crippen molar-refractivity contribution in [2.45, 2.75) is 13.8 Å². The minimum Gasteiger partial charge on any atom is -0.378 e. The average Bonchev–Trinajstić information content (AvgIpc) is 2.59. The van der Waals surface area contributed by atoms with Gasteiger partial charge in [0.05, 0.1) is 18.1 Å². The van der Waals surface area contributed by atoms with Gasteiger partial charge in [0.1, 0.15) is 5.69 Å². The predicted octanol–water partition coefficient (Wildman–Crippen LogP) is 0.848. The molecule has 1 fully saturated rings. The van der Waals surface area contributed by atoms with Crippen molar-refractivity contribution in [1.82, 2.24) is 10.9 Å². The van der Waals surface area contributed by atoms with E-state index in [1.54, 1.807) is 19.9 Å². The number of carbonyl (C=O) groups is 2. The molecule has 1 saturated heterocycles. The first-order valence-corrected chi connectivity index (χ1v) is 7.61. The molecular formula is C15H20N4O5. The van der Waals surface area contributed by atoms with E-state index in [1.807, 2.05) is 4.90 Å². The lowest BCUT2D eigenvalue weighted by Crippen LogP contribution is -2.43. The molecule has 2 amide bonds. The van der Waals surface area contributed by atoms with Crippen LogP contribution in [0, 0.1) is 16.0 Å². The van der Waals surface area contributed by atoms with Crippen molar-refractivity contribution in [2.75, 3.05) is 31.2 Å². The normalized spacial score (nSPS) is 14.4. The number of hydrazine groups is 1. The van der Waals surface area contributed by atoms with Gasteiger partial charge in [0.15, 0.2) is 0 Å². The molecule has 0 aromatic heterocycles. The third kappa shape index (κ3) is 4.19. The van der Waals surface area contributed by atoms with Gasteiger partial charge in [0, 0.05) is 30.6 Å². The molecule has 1 aliphatic heterocycles. The van der Waals surface area contributed by atoms with Gasteiger partial charge in [-0.3, -0.25) is 30.6 Å². The van der Waals surface area contributed by atoms with Crippen molar-refractivity contribution in [2.24, 2.45) is 5.92 Å². The maximum absolute atomic E-state index is 12.1. The Morgan fingerprint density at radius 1 is 1.25 bits per heavy atom. The van der Waals surface area contributed by atoms with Crippen molar-refractivity contribution in [3.8, 4) is 0 Å². The van der Waals surface area contributed by atoms with Gasteiger partial charge >= 0.3 is 0 Å². The highest BCUT2D eigenvalue weighted by atomic mass is 16.6. The van der Waals surface area contributed by atoms with Crippen molar-refractivity contribution in [3.05, 3.63) is 33.9 Å². The molecule has 24 heavy (non-hydrogen) atoms. The van der Waals surface area contributed by atoms with Gasteiger partial charge in [-0.05, 0) is 12.1 Å². The number of rotatable bonds is 4. The molecule has 130 valence electrons. The third-order valence-electron chi connectivity index (χ3n) is 3.61. The number of benzene rings is 1. The number of anilines is 1. The van der Waals surface area contributed by atoms with Gasteiger partial charge in [0.2, 0.25) is 5.91 Å². The molecule has 0 unspecified atom stereocenters. The van der Waals surface area contributed by atoms with Crippen LogP contribution in [0.15, 0.2) is 18.2 Å². The number of carbonyl (C=O) groups excluding carboxylic acids is 2. The van der Waals surface area contributed by atoms with Crippen LogP contribution in [-0.2, 0) is 9.53 Å². The highest BCUT2D eigenvalue weighted by Gasteiger charge is 2.23. The Morgan fingerprint density at radius 2 is 1.92 bits per heavy atom. The lowest BCUT2D eigenvalue weighted by atomic mass is 10.1. The van der Waals surface area contributed by atoms with Gasteiger partial charge in [-0.2, -0.15) is 0 Å². The molecule has 1 aromatic carbocycles. The molecule has 2 rings (SSSR count). The Labute approximate surface area is 139 Å². The first-order valence-electron chi connectivity index (χ1n) is 7.61. The van der Waals surface area contributed by atoms with Crippen LogP contribution in [0.3, 0.4) is 0 Å². The van der Waals surface area contributed by atoms with Crippen molar-refractivity contribution < 1.29 is 19.2 Å². The number of nitrogens with zero attached hydrogens (tertiary/aromatic N) is 2. The second kappa shape index (κ2) is 7.73. The zero-order chi connectivity index (χ0) is 17.7. The van der Waals surface area contributed by atoms with E-state index >= 15 is 0 Å². The molecule has 0 atom stereocenters. The predicted molar refractivity (Wildman–Crippen MR) is 86.6 cm³/mol. The molecule has 1 aromatic rings. The number of hydrogen-bond donors (Lipinski definition) is 2. The number of ether oxygens (including phenoxy) is 1. The summed E-state index contributed by atoms with van der Waals surface area (Å²) in [6.45, 7) is 5.47. The Kier molecular flexibility index (Phi) is 5.69. The summed E-state index contributed by atoms with van der Waals surface area (Å²) in [7, 11) is 0. The average molecular weight is 336 g/mol. The fourth-order valence-electron chi connectivity index (χ4n) is 2.22. The summed E-state index contributed by atoms with van der Waals surface area (Å²) in [5, 5.41) is 11.3. The van der Waals surface area contributed by atoms with Crippen LogP contribution >= 0.6 is 0 Å². The monoisotopic (exact) mass is 336 g/mol. The summed E-state index contributed by atoms with van der Waals surface area (Å²) in [4.78, 5) is 36.2. The number of hydrogen-bond acceptors (Lipinski definition) is 6. The summed E-state index contributed by atoms with van der Waals surface area (Å²) in [6.07, 6.45) is 0. The van der Waals surface area contributed by atoms with Gasteiger partial charge in [-0.25, -0.2) is 0 Å². The summed E-state index contributed by atoms with van der Waals surface area (Å²) >= 11 is 0. The third-order valence-corrected chi connectivity index (χ3v) is 3.61. The number of nitro benzene ring substituents is 1. The zero-order valence-electron chi connectivity index (χ0n) is 13.6. The summed E-state index contributed by atoms with van der Waals surface area (Å²) < 4.78 is 5.24. The second-order valence-corrected chi connectivity index (χ2v) is 5.66. The number of morpholine rings is 1. The molecule has 0 bridgehead atoms. The van der Waals surface area contributed by atoms with Crippen LogP contribution in [0.1, 0.15) is 24.2 Å². The SMILES string of the molecule is CC(C)C(=O)NNC(=O)c1ccc(N2CCOCC2)c([N+](=O)[O-])c1. The maximum atomic E-state index is 12.1. The smallest absolute Gasteiger partial charge is 0.293 e. The maximum Gasteiger partial charge on any atom is 0.293 e. The molecule has 0 saturated carbocycles. The van der Waals surface area contributed by atoms with E-state index in [2.05, 4.69) is 10.9 Å². The van der Waals surface area contributed by atoms with E-state index in [9.17, 15) is 19.7 Å². The Balaban J connectivity index is 2.17. The van der Waals surface area contributed by atoms with Gasteiger partial charge < -0.3 is 9.64 Å². The van der Waals surface area contributed by atoms with Gasteiger partial charge in [0.25, 0.3) is 11.6 Å². The molecule has 1 heterocycles. The number of amides is 2. The zero-order valence-corrected chi connectivity index (χ0v) is 13.6. The first-order chi connectivity index (χ1) is 11.4. The highest BCUT2D eigenvalue weighted by Crippen LogP contribution is 2.29. The van der Waals surface area contributed by atoms with E-state index in [4.69, 9.17) is 4.74 Å².